The summed E-state index contributed by atoms with van der Waals surface area (Å²) in [5, 5.41) is 3.96. The summed E-state index contributed by atoms with van der Waals surface area (Å²) in [5.41, 5.74) is 3.91. The second-order valence-electron chi connectivity index (χ2n) is 7.61. The molecule has 2 heterocycles. The van der Waals surface area contributed by atoms with Crippen LogP contribution < -0.4 is 5.43 Å². The van der Waals surface area contributed by atoms with Crippen LogP contribution in [0.25, 0.3) is 0 Å². The van der Waals surface area contributed by atoms with Crippen molar-refractivity contribution in [2.75, 3.05) is 19.6 Å². The van der Waals surface area contributed by atoms with Crippen molar-refractivity contribution in [1.82, 2.24) is 15.2 Å². The fraction of sp³-hybridized carbons (Fsp3) is 0.550. The number of hydrogen-bond donors (Lipinski definition) is 1. The Bertz CT molecular complexity index is 717. The Hall–Kier alpha value is -2.28. The Morgan fingerprint density at radius 1 is 1.26 bits per heavy atom. The molecule has 0 aromatic heterocycles. The van der Waals surface area contributed by atoms with Gasteiger partial charge in [-0.1, -0.05) is 26.0 Å². The molecule has 3 rings (SSSR count). The predicted octanol–water partition coefficient (Wildman–Crippen LogP) is 2.15. The molecule has 0 radical (unpaired) electrons. The molecule has 146 valence electrons. The summed E-state index contributed by atoms with van der Waals surface area (Å²) in [4.78, 5) is 28.4. The maximum Gasteiger partial charge on any atom is 0.270 e. The second-order valence-corrected chi connectivity index (χ2v) is 7.61. The van der Waals surface area contributed by atoms with Crippen LogP contribution in [0.5, 0.6) is 0 Å². The van der Waals surface area contributed by atoms with Crippen LogP contribution in [0.4, 0.5) is 4.39 Å². The van der Waals surface area contributed by atoms with Crippen LogP contribution in [-0.2, 0) is 16.1 Å². The third-order valence-electron chi connectivity index (χ3n) is 5.26. The minimum Gasteiger partial charge on any atom is -0.336 e. The molecule has 6 nitrogen and oxygen atoms in total. The van der Waals surface area contributed by atoms with Gasteiger partial charge in [0.15, 0.2) is 0 Å². The SMILES string of the molecule is CC(C)C1CN(C(=O)C2=NNC(=O)CC2)CCCN1Cc1ccc(F)cc1. The highest BCUT2D eigenvalue weighted by molar-refractivity contribution is 6.39. The first kappa shape index (κ1) is 19.5. The topological polar surface area (TPSA) is 65.0 Å². The van der Waals surface area contributed by atoms with Gasteiger partial charge in [-0.3, -0.25) is 14.5 Å². The van der Waals surface area contributed by atoms with Crippen molar-refractivity contribution in [1.29, 1.82) is 0 Å². The van der Waals surface area contributed by atoms with E-state index in [0.717, 1.165) is 25.1 Å². The lowest BCUT2D eigenvalue weighted by atomic mass is 10.0. The summed E-state index contributed by atoms with van der Waals surface area (Å²) in [7, 11) is 0. The Labute approximate surface area is 159 Å². The smallest absolute Gasteiger partial charge is 0.270 e. The number of rotatable bonds is 4. The van der Waals surface area contributed by atoms with Crippen molar-refractivity contribution in [3.63, 3.8) is 0 Å². The molecule has 0 spiro atoms. The largest absolute Gasteiger partial charge is 0.336 e. The molecule has 0 saturated carbocycles. The molecule has 1 fully saturated rings. The van der Waals surface area contributed by atoms with Crippen molar-refractivity contribution >= 4 is 17.5 Å². The van der Waals surface area contributed by atoms with Crippen molar-refractivity contribution in [3.05, 3.63) is 35.6 Å². The van der Waals surface area contributed by atoms with Crippen LogP contribution in [0.15, 0.2) is 29.4 Å². The first-order chi connectivity index (χ1) is 12.9. The summed E-state index contributed by atoms with van der Waals surface area (Å²) in [6, 6.07) is 6.83. The number of hydrazone groups is 1. The molecule has 0 bridgehead atoms. The minimum atomic E-state index is -0.229. The molecular weight excluding hydrogens is 347 g/mol. The van der Waals surface area contributed by atoms with E-state index >= 15 is 0 Å². The zero-order valence-corrected chi connectivity index (χ0v) is 15.9. The quantitative estimate of drug-likeness (QED) is 0.878. The molecular formula is C20H27FN4O2. The fourth-order valence-corrected chi connectivity index (χ4v) is 3.71. The maximum absolute atomic E-state index is 13.2. The van der Waals surface area contributed by atoms with Crippen LogP contribution in [-0.4, -0.2) is 53.0 Å². The second kappa shape index (κ2) is 8.61. The van der Waals surface area contributed by atoms with Crippen molar-refractivity contribution in [3.8, 4) is 0 Å². The van der Waals surface area contributed by atoms with E-state index in [1.54, 1.807) is 0 Å². The number of carbonyl (C=O) groups excluding carboxylic acids is 2. The first-order valence-electron chi connectivity index (χ1n) is 9.57. The Morgan fingerprint density at radius 2 is 2.00 bits per heavy atom. The van der Waals surface area contributed by atoms with Crippen LogP contribution >= 0.6 is 0 Å². The van der Waals surface area contributed by atoms with Crippen molar-refractivity contribution < 1.29 is 14.0 Å². The normalized spacial score (nSPS) is 21.6. The number of hydrogen-bond acceptors (Lipinski definition) is 4. The van der Waals surface area contributed by atoms with Gasteiger partial charge in [0.05, 0.1) is 0 Å². The molecule has 2 aliphatic heterocycles. The summed E-state index contributed by atoms with van der Waals surface area (Å²) < 4.78 is 13.2. The number of halogens is 1. The third-order valence-corrected chi connectivity index (χ3v) is 5.26. The predicted molar refractivity (Wildman–Crippen MR) is 101 cm³/mol. The van der Waals surface area contributed by atoms with E-state index in [1.165, 1.54) is 12.1 Å². The van der Waals surface area contributed by atoms with Gasteiger partial charge in [0.25, 0.3) is 5.91 Å². The van der Waals surface area contributed by atoms with Gasteiger partial charge in [-0.25, -0.2) is 9.82 Å². The van der Waals surface area contributed by atoms with E-state index < -0.39 is 0 Å². The summed E-state index contributed by atoms with van der Waals surface area (Å²) >= 11 is 0. The zero-order chi connectivity index (χ0) is 19.4. The van der Waals surface area contributed by atoms with E-state index in [2.05, 4.69) is 29.3 Å². The van der Waals surface area contributed by atoms with Gasteiger partial charge in [-0.05, 0) is 30.0 Å². The third kappa shape index (κ3) is 4.91. The summed E-state index contributed by atoms with van der Waals surface area (Å²) in [5.74, 6) is -0.0868. The summed E-state index contributed by atoms with van der Waals surface area (Å²) in [6.45, 7) is 7.25. The molecule has 1 saturated heterocycles. The van der Waals surface area contributed by atoms with Gasteiger partial charge < -0.3 is 4.90 Å². The Kier molecular flexibility index (Phi) is 6.21. The number of benzene rings is 1. The molecule has 1 aromatic carbocycles. The van der Waals surface area contributed by atoms with Crippen molar-refractivity contribution in [2.45, 2.75) is 45.7 Å². The van der Waals surface area contributed by atoms with Gasteiger partial charge in [0.1, 0.15) is 11.5 Å². The molecule has 1 aromatic rings. The highest BCUT2D eigenvalue weighted by Crippen LogP contribution is 2.21. The number of carbonyl (C=O) groups is 2. The van der Waals surface area contributed by atoms with Crippen LogP contribution in [0.1, 0.15) is 38.7 Å². The van der Waals surface area contributed by atoms with E-state index in [4.69, 9.17) is 0 Å². The van der Waals surface area contributed by atoms with Gasteiger partial charge in [-0.2, -0.15) is 5.10 Å². The molecule has 1 atom stereocenters. The average Bonchev–Trinajstić information content (AvgIpc) is 2.86. The number of amides is 2. The van der Waals surface area contributed by atoms with E-state index in [9.17, 15) is 14.0 Å². The van der Waals surface area contributed by atoms with Crippen LogP contribution in [0.2, 0.25) is 0 Å². The first-order valence-corrected chi connectivity index (χ1v) is 9.57. The highest BCUT2D eigenvalue weighted by atomic mass is 19.1. The molecule has 2 amide bonds. The maximum atomic E-state index is 13.2. The molecule has 1 unspecified atom stereocenters. The Balaban J connectivity index is 1.71. The lowest BCUT2D eigenvalue weighted by Gasteiger charge is -2.34. The monoisotopic (exact) mass is 374 g/mol. The van der Waals surface area contributed by atoms with Crippen LogP contribution in [0.3, 0.4) is 0 Å². The number of nitrogens with one attached hydrogen (secondary N) is 1. The van der Waals surface area contributed by atoms with Gasteiger partial charge >= 0.3 is 0 Å². The lowest BCUT2D eigenvalue weighted by molar-refractivity contribution is -0.125. The minimum absolute atomic E-state index is 0.0794. The molecule has 0 aliphatic carbocycles. The van der Waals surface area contributed by atoms with Gasteiger partial charge in [-0.15, -0.1) is 0 Å². The van der Waals surface area contributed by atoms with E-state index in [0.29, 0.717) is 37.6 Å². The standard InChI is InChI=1S/C20H27FN4O2/c1-14(2)18-13-25(20(27)17-8-9-19(26)23-22-17)11-3-10-24(18)12-15-4-6-16(21)7-5-15/h4-7,14,18H,3,8-13H2,1-2H3,(H,23,26). The fourth-order valence-electron chi connectivity index (χ4n) is 3.71. The van der Waals surface area contributed by atoms with Gasteiger partial charge in [0, 0.05) is 45.1 Å². The van der Waals surface area contributed by atoms with E-state index in [-0.39, 0.29) is 23.7 Å². The molecule has 7 heteroatoms. The number of nitrogens with zero attached hydrogens (tertiary/aromatic N) is 3. The lowest BCUT2D eigenvalue weighted by Crippen LogP contribution is -2.47. The Morgan fingerprint density at radius 3 is 2.63 bits per heavy atom. The van der Waals surface area contributed by atoms with Crippen LogP contribution in [0, 0.1) is 11.7 Å². The van der Waals surface area contributed by atoms with Gasteiger partial charge in [0.2, 0.25) is 5.91 Å². The van der Waals surface area contributed by atoms with Crippen molar-refractivity contribution in [2.24, 2.45) is 11.0 Å². The summed E-state index contributed by atoms with van der Waals surface area (Å²) in [6.07, 6.45) is 1.57. The molecule has 2 aliphatic rings. The molecule has 27 heavy (non-hydrogen) atoms. The average molecular weight is 374 g/mol. The molecule has 1 N–H and O–H groups in total. The highest BCUT2D eigenvalue weighted by Gasteiger charge is 2.31. The zero-order valence-electron chi connectivity index (χ0n) is 15.9. The van der Waals surface area contributed by atoms with E-state index in [1.807, 2.05) is 17.0 Å².